The lowest BCUT2D eigenvalue weighted by Gasteiger charge is -2.37. The summed E-state index contributed by atoms with van der Waals surface area (Å²) in [4.78, 5) is 9.75. The molecule has 2 heterocycles. The Balaban J connectivity index is 1.97. The van der Waals surface area contributed by atoms with E-state index in [-0.39, 0.29) is 0 Å². The lowest BCUT2D eigenvalue weighted by molar-refractivity contribution is 0.118. The molecular weight excluding hydrogens is 298 g/mol. The smallest absolute Gasteiger partial charge is 0.194 e. The summed E-state index contributed by atoms with van der Waals surface area (Å²) in [6, 6.07) is 5.44. The van der Waals surface area contributed by atoms with Gasteiger partial charge in [-0.3, -0.25) is 9.89 Å². The minimum Gasteiger partial charge on any atom is -0.357 e. The normalized spacial score (nSPS) is 20.9. The molecule has 1 N–H and O–H groups in total. The molecule has 0 aliphatic carbocycles. The molecule has 0 amide bonds. The van der Waals surface area contributed by atoms with Crippen LogP contribution in [0.1, 0.15) is 45.7 Å². The summed E-state index contributed by atoms with van der Waals surface area (Å²) < 4.78 is 2.16. The van der Waals surface area contributed by atoms with Gasteiger partial charge in [-0.1, -0.05) is 6.42 Å². The number of nitrogens with zero attached hydrogens (tertiary/aromatic N) is 4. The minimum absolute atomic E-state index is 0.498. The first-order valence-electron chi connectivity index (χ1n) is 9.38. The van der Waals surface area contributed by atoms with Crippen molar-refractivity contribution in [1.82, 2.24) is 19.7 Å². The van der Waals surface area contributed by atoms with Crippen LogP contribution in [-0.2, 0) is 13.6 Å². The van der Waals surface area contributed by atoms with Crippen molar-refractivity contribution >= 4 is 5.96 Å². The summed E-state index contributed by atoms with van der Waals surface area (Å²) in [6.45, 7) is 10.6. The number of likely N-dealkylation sites (tertiary alicyclic amines) is 1. The van der Waals surface area contributed by atoms with Crippen molar-refractivity contribution in [3.05, 3.63) is 24.0 Å². The van der Waals surface area contributed by atoms with Gasteiger partial charge in [-0.05, 0) is 52.3 Å². The van der Waals surface area contributed by atoms with Crippen LogP contribution in [0.3, 0.4) is 0 Å². The van der Waals surface area contributed by atoms with Gasteiger partial charge in [0.25, 0.3) is 0 Å². The van der Waals surface area contributed by atoms with Crippen LogP contribution in [0.25, 0.3) is 0 Å². The highest BCUT2D eigenvalue weighted by atomic mass is 15.3. The van der Waals surface area contributed by atoms with Crippen molar-refractivity contribution in [2.75, 3.05) is 26.7 Å². The molecule has 0 radical (unpaired) electrons. The number of hydrogen-bond donors (Lipinski definition) is 1. The zero-order valence-electron chi connectivity index (χ0n) is 16.1. The molecule has 24 heavy (non-hydrogen) atoms. The molecule has 1 aliphatic rings. The molecule has 136 valence electrons. The molecule has 0 saturated carbocycles. The van der Waals surface area contributed by atoms with Gasteiger partial charge in [-0.25, -0.2) is 0 Å². The van der Waals surface area contributed by atoms with Crippen LogP contribution in [0.15, 0.2) is 23.3 Å². The summed E-state index contributed by atoms with van der Waals surface area (Å²) in [6.07, 6.45) is 6.11. The number of guanidine groups is 1. The Morgan fingerprint density at radius 3 is 2.88 bits per heavy atom. The standard InChI is InChI=1S/C19H35N5/c1-6-20-19(23(5)15-18-11-9-12-22(18)4)21-14-17(3)24-13-8-7-10-16(24)2/h9,11-12,16-17H,6-8,10,13-15H2,1-5H3,(H,20,21). The predicted molar refractivity (Wildman–Crippen MR) is 102 cm³/mol. The number of aryl methyl sites for hydroxylation is 1. The van der Waals surface area contributed by atoms with E-state index in [4.69, 9.17) is 4.99 Å². The van der Waals surface area contributed by atoms with Gasteiger partial charge in [0, 0.05) is 44.6 Å². The second kappa shape index (κ2) is 9.11. The van der Waals surface area contributed by atoms with E-state index in [9.17, 15) is 0 Å². The van der Waals surface area contributed by atoms with Crippen LogP contribution in [0.4, 0.5) is 0 Å². The number of aromatic nitrogens is 1. The van der Waals surface area contributed by atoms with Crippen molar-refractivity contribution in [2.45, 2.75) is 58.7 Å². The quantitative estimate of drug-likeness (QED) is 0.642. The summed E-state index contributed by atoms with van der Waals surface area (Å²) in [5, 5.41) is 3.43. The van der Waals surface area contributed by atoms with Crippen LogP contribution >= 0.6 is 0 Å². The number of nitrogens with one attached hydrogen (secondary N) is 1. The number of piperidine rings is 1. The van der Waals surface area contributed by atoms with E-state index >= 15 is 0 Å². The molecule has 0 bridgehead atoms. The molecule has 1 fully saturated rings. The largest absolute Gasteiger partial charge is 0.357 e. The summed E-state index contributed by atoms with van der Waals surface area (Å²) >= 11 is 0. The fraction of sp³-hybridized carbons (Fsp3) is 0.737. The van der Waals surface area contributed by atoms with Gasteiger partial charge in [-0.2, -0.15) is 0 Å². The van der Waals surface area contributed by atoms with E-state index in [1.807, 2.05) is 0 Å². The van der Waals surface area contributed by atoms with E-state index in [1.165, 1.54) is 31.5 Å². The maximum Gasteiger partial charge on any atom is 0.194 e. The highest BCUT2D eigenvalue weighted by Gasteiger charge is 2.23. The Kier molecular flexibility index (Phi) is 7.16. The van der Waals surface area contributed by atoms with Gasteiger partial charge in [0.1, 0.15) is 0 Å². The van der Waals surface area contributed by atoms with Crippen molar-refractivity contribution in [1.29, 1.82) is 0 Å². The molecule has 2 rings (SSSR count). The highest BCUT2D eigenvalue weighted by molar-refractivity contribution is 5.79. The van der Waals surface area contributed by atoms with Gasteiger partial charge in [-0.15, -0.1) is 0 Å². The fourth-order valence-corrected chi connectivity index (χ4v) is 3.55. The summed E-state index contributed by atoms with van der Waals surface area (Å²) in [5.74, 6) is 0.996. The van der Waals surface area contributed by atoms with Gasteiger partial charge in [0.05, 0.1) is 13.1 Å². The van der Waals surface area contributed by atoms with E-state index in [0.29, 0.717) is 12.1 Å². The van der Waals surface area contributed by atoms with Gasteiger partial charge < -0.3 is 14.8 Å². The fourth-order valence-electron chi connectivity index (χ4n) is 3.55. The van der Waals surface area contributed by atoms with Crippen molar-refractivity contribution in [3.8, 4) is 0 Å². The summed E-state index contributed by atoms with van der Waals surface area (Å²) in [5.41, 5.74) is 1.29. The Bertz CT molecular complexity index is 522. The van der Waals surface area contributed by atoms with Crippen molar-refractivity contribution in [3.63, 3.8) is 0 Å². The molecular formula is C19H35N5. The Morgan fingerprint density at radius 1 is 1.46 bits per heavy atom. The maximum absolute atomic E-state index is 4.91. The first kappa shape index (κ1) is 18.8. The lowest BCUT2D eigenvalue weighted by Crippen LogP contribution is -2.46. The molecule has 1 saturated heterocycles. The highest BCUT2D eigenvalue weighted by Crippen LogP contribution is 2.19. The molecule has 2 atom stereocenters. The second-order valence-corrected chi connectivity index (χ2v) is 7.09. The predicted octanol–water partition coefficient (Wildman–Crippen LogP) is 2.69. The number of rotatable bonds is 6. The average Bonchev–Trinajstić information content (AvgIpc) is 2.96. The zero-order chi connectivity index (χ0) is 17.5. The zero-order valence-corrected chi connectivity index (χ0v) is 16.1. The molecule has 5 nitrogen and oxygen atoms in total. The van der Waals surface area contributed by atoms with E-state index < -0.39 is 0 Å². The first-order valence-corrected chi connectivity index (χ1v) is 9.38. The van der Waals surface area contributed by atoms with Crippen LogP contribution in [0.2, 0.25) is 0 Å². The molecule has 0 spiro atoms. The van der Waals surface area contributed by atoms with Crippen molar-refractivity contribution in [2.24, 2.45) is 12.0 Å². The first-order chi connectivity index (χ1) is 11.5. The van der Waals surface area contributed by atoms with Crippen LogP contribution in [0, 0.1) is 0 Å². The van der Waals surface area contributed by atoms with E-state index in [0.717, 1.165) is 25.6 Å². The third kappa shape index (κ3) is 5.00. The topological polar surface area (TPSA) is 35.8 Å². The van der Waals surface area contributed by atoms with Gasteiger partial charge in [0.15, 0.2) is 5.96 Å². The van der Waals surface area contributed by atoms with Gasteiger partial charge >= 0.3 is 0 Å². The van der Waals surface area contributed by atoms with Crippen LogP contribution in [0.5, 0.6) is 0 Å². The van der Waals surface area contributed by atoms with Crippen LogP contribution in [-0.4, -0.2) is 59.1 Å². The number of aliphatic imine (C=N–C) groups is 1. The van der Waals surface area contributed by atoms with Crippen molar-refractivity contribution < 1.29 is 0 Å². The molecule has 1 aliphatic heterocycles. The Hall–Kier alpha value is -1.49. The molecule has 2 unspecified atom stereocenters. The lowest BCUT2D eigenvalue weighted by atomic mass is 10.0. The third-order valence-electron chi connectivity index (χ3n) is 5.07. The third-order valence-corrected chi connectivity index (χ3v) is 5.07. The second-order valence-electron chi connectivity index (χ2n) is 7.09. The Morgan fingerprint density at radius 2 is 2.25 bits per heavy atom. The average molecular weight is 334 g/mol. The number of hydrogen-bond acceptors (Lipinski definition) is 2. The Labute approximate surface area is 147 Å². The maximum atomic E-state index is 4.91. The van der Waals surface area contributed by atoms with Crippen LogP contribution < -0.4 is 5.32 Å². The molecule has 5 heteroatoms. The summed E-state index contributed by atoms with van der Waals surface area (Å²) in [7, 11) is 4.20. The van der Waals surface area contributed by atoms with E-state index in [2.05, 4.69) is 72.9 Å². The van der Waals surface area contributed by atoms with E-state index in [1.54, 1.807) is 0 Å². The molecule has 0 aromatic carbocycles. The monoisotopic (exact) mass is 333 g/mol. The molecule has 1 aromatic heterocycles. The van der Waals surface area contributed by atoms with Gasteiger partial charge in [0.2, 0.25) is 0 Å². The molecule has 1 aromatic rings. The SMILES string of the molecule is CCNC(=NCC(C)N1CCCCC1C)N(C)Cc1cccn1C. The minimum atomic E-state index is 0.498.